The summed E-state index contributed by atoms with van der Waals surface area (Å²) in [6, 6.07) is 0. The van der Waals surface area contributed by atoms with Crippen LogP contribution in [0.25, 0.3) is 0 Å². The smallest absolute Gasteiger partial charge is 0.306 e. The van der Waals surface area contributed by atoms with Crippen LogP contribution in [0, 0.1) is 0 Å². The highest BCUT2D eigenvalue weighted by Crippen LogP contribution is 2.11. The second-order valence-corrected chi connectivity index (χ2v) is 16.7. The molecular weight excluding hydrogens is 829 g/mol. The minimum atomic E-state index is -0.848. The van der Waals surface area contributed by atoms with Crippen LogP contribution < -0.4 is 0 Å². The Bertz CT molecular complexity index is 1530. The molecule has 0 radical (unpaired) electrons. The van der Waals surface area contributed by atoms with Gasteiger partial charge in [-0.1, -0.05) is 199 Å². The molecular formula is C61H94O6. The predicted molar refractivity (Wildman–Crippen MR) is 288 cm³/mol. The first-order chi connectivity index (χ1) is 33.0. The molecule has 0 heterocycles. The fourth-order valence-electron chi connectivity index (χ4n) is 6.43. The molecule has 0 fully saturated rings. The van der Waals surface area contributed by atoms with E-state index in [-0.39, 0.29) is 38.0 Å². The summed E-state index contributed by atoms with van der Waals surface area (Å²) in [5.74, 6) is -1.09. The van der Waals surface area contributed by atoms with Crippen LogP contribution in [0.15, 0.2) is 146 Å². The molecule has 0 aromatic carbocycles. The Morgan fingerprint density at radius 1 is 0.313 bits per heavy atom. The lowest BCUT2D eigenvalue weighted by Gasteiger charge is -2.18. The summed E-state index contributed by atoms with van der Waals surface area (Å²) in [6.45, 7) is 6.25. The molecule has 67 heavy (non-hydrogen) atoms. The molecule has 0 aliphatic carbocycles. The van der Waals surface area contributed by atoms with Crippen molar-refractivity contribution in [2.75, 3.05) is 13.2 Å². The first kappa shape index (κ1) is 62.3. The lowest BCUT2D eigenvalue weighted by atomic mass is 10.1. The van der Waals surface area contributed by atoms with Crippen molar-refractivity contribution in [1.29, 1.82) is 0 Å². The van der Waals surface area contributed by atoms with Crippen LogP contribution in [0.5, 0.6) is 0 Å². The maximum atomic E-state index is 12.8. The van der Waals surface area contributed by atoms with Gasteiger partial charge < -0.3 is 14.2 Å². The van der Waals surface area contributed by atoms with Crippen LogP contribution in [-0.2, 0) is 28.6 Å². The van der Waals surface area contributed by atoms with Gasteiger partial charge >= 0.3 is 17.9 Å². The number of rotatable bonds is 45. The van der Waals surface area contributed by atoms with Crippen molar-refractivity contribution in [2.24, 2.45) is 0 Å². The highest BCUT2D eigenvalue weighted by atomic mass is 16.6. The van der Waals surface area contributed by atoms with E-state index in [1.807, 2.05) is 12.2 Å². The SMILES string of the molecule is CC/C=C\C/C=C\C/C=C\C/C=C\C/C=C\C/C=C\CCC(=O)O[C@@H](COC(=O)CCCC/C=C\C/C=C\C/C=C\CCCCC)COC(=O)CCCCCCC/C=C\C/C=C\C/C=C\CC. The molecule has 0 bridgehead atoms. The number of carbonyl (C=O) groups excluding carboxylic acids is 3. The highest BCUT2D eigenvalue weighted by molar-refractivity contribution is 5.71. The Balaban J connectivity index is 4.63. The number of hydrogen-bond donors (Lipinski definition) is 0. The minimum Gasteiger partial charge on any atom is -0.462 e. The number of unbranched alkanes of at least 4 members (excludes halogenated alkanes) is 10. The summed E-state index contributed by atoms with van der Waals surface area (Å²) >= 11 is 0. The van der Waals surface area contributed by atoms with E-state index in [2.05, 4.69) is 154 Å². The van der Waals surface area contributed by atoms with E-state index in [1.54, 1.807) is 0 Å². The fourth-order valence-corrected chi connectivity index (χ4v) is 6.43. The van der Waals surface area contributed by atoms with Gasteiger partial charge in [-0.15, -0.1) is 0 Å². The molecule has 0 aromatic rings. The summed E-state index contributed by atoms with van der Waals surface area (Å²) in [4.78, 5) is 38.0. The molecule has 0 aromatic heterocycles. The molecule has 0 aliphatic heterocycles. The van der Waals surface area contributed by atoms with Gasteiger partial charge in [0.1, 0.15) is 13.2 Å². The molecule has 0 aliphatic rings. The monoisotopic (exact) mass is 923 g/mol. The zero-order chi connectivity index (χ0) is 48.6. The first-order valence-corrected chi connectivity index (χ1v) is 26.3. The third-order valence-electron chi connectivity index (χ3n) is 10.3. The van der Waals surface area contributed by atoms with E-state index in [9.17, 15) is 14.4 Å². The number of hydrogen-bond acceptors (Lipinski definition) is 6. The topological polar surface area (TPSA) is 78.9 Å². The lowest BCUT2D eigenvalue weighted by Crippen LogP contribution is -2.30. The molecule has 0 rings (SSSR count). The Morgan fingerprint density at radius 3 is 1.00 bits per heavy atom. The summed E-state index contributed by atoms with van der Waals surface area (Å²) in [5, 5.41) is 0. The Morgan fingerprint density at radius 2 is 0.612 bits per heavy atom. The van der Waals surface area contributed by atoms with Gasteiger partial charge in [0, 0.05) is 19.3 Å². The van der Waals surface area contributed by atoms with Crippen molar-refractivity contribution in [2.45, 2.75) is 207 Å². The maximum Gasteiger partial charge on any atom is 0.306 e. The lowest BCUT2D eigenvalue weighted by molar-refractivity contribution is -0.166. The molecule has 0 spiro atoms. The average molecular weight is 923 g/mol. The van der Waals surface area contributed by atoms with Crippen molar-refractivity contribution in [1.82, 2.24) is 0 Å². The van der Waals surface area contributed by atoms with Crippen LogP contribution in [-0.4, -0.2) is 37.2 Å². The summed E-state index contributed by atoms with van der Waals surface area (Å²) in [6.07, 6.45) is 77.0. The summed E-state index contributed by atoms with van der Waals surface area (Å²) in [7, 11) is 0. The highest BCUT2D eigenvalue weighted by Gasteiger charge is 2.19. The molecule has 374 valence electrons. The normalized spacial score (nSPS) is 13.3. The van der Waals surface area contributed by atoms with Crippen molar-refractivity contribution in [3.05, 3.63) is 146 Å². The largest absolute Gasteiger partial charge is 0.462 e. The van der Waals surface area contributed by atoms with E-state index < -0.39 is 12.1 Å². The number of allylic oxidation sites excluding steroid dienone is 24. The van der Waals surface area contributed by atoms with Gasteiger partial charge in [0.2, 0.25) is 0 Å². The maximum absolute atomic E-state index is 12.8. The van der Waals surface area contributed by atoms with Gasteiger partial charge in [0.05, 0.1) is 0 Å². The molecule has 6 nitrogen and oxygen atoms in total. The van der Waals surface area contributed by atoms with Gasteiger partial charge in [0.15, 0.2) is 6.10 Å². The van der Waals surface area contributed by atoms with Gasteiger partial charge in [0.25, 0.3) is 0 Å². The predicted octanol–water partition coefficient (Wildman–Crippen LogP) is 17.6. The molecule has 6 heteroatoms. The van der Waals surface area contributed by atoms with E-state index in [4.69, 9.17) is 14.2 Å². The second-order valence-electron chi connectivity index (χ2n) is 16.7. The number of ether oxygens (including phenoxy) is 3. The molecule has 1 atom stereocenters. The zero-order valence-electron chi connectivity index (χ0n) is 42.6. The average Bonchev–Trinajstić information content (AvgIpc) is 3.33. The first-order valence-electron chi connectivity index (χ1n) is 26.3. The van der Waals surface area contributed by atoms with Gasteiger partial charge in [-0.25, -0.2) is 0 Å². The standard InChI is InChI=1S/C61H94O6/c1-4-7-10-13-16-19-22-25-28-29-30-31-34-37-40-43-46-49-52-55-61(64)67-58(56-65-59(62)53-50-47-44-41-38-35-32-26-23-20-17-14-11-8-5-2)57-66-60(63)54-51-48-45-42-39-36-33-27-24-21-18-15-12-9-6-3/h7-8,10-11,16-21,25-28,30-33,37,39-40,42,46,49,58H,4-6,9,12-15,22-24,29,34-36,38,41,43-45,47-48,50-57H2,1-3H3/b10-7-,11-8-,19-16-,20-17-,21-18-,28-25-,31-30-,32-26-,33-27-,40-37-,42-39-,49-46-/t58-/m1/s1. The number of esters is 3. The Kier molecular flexibility index (Phi) is 50.1. The number of carbonyl (C=O) groups is 3. The molecule has 0 unspecified atom stereocenters. The minimum absolute atomic E-state index is 0.136. The van der Waals surface area contributed by atoms with Gasteiger partial charge in [-0.2, -0.15) is 0 Å². The Hall–Kier alpha value is -4.71. The van der Waals surface area contributed by atoms with E-state index in [0.29, 0.717) is 19.3 Å². The second kappa shape index (κ2) is 53.9. The van der Waals surface area contributed by atoms with Crippen molar-refractivity contribution in [3.8, 4) is 0 Å². The zero-order valence-corrected chi connectivity index (χ0v) is 42.6. The summed E-state index contributed by atoms with van der Waals surface area (Å²) in [5.41, 5.74) is 0. The molecule has 0 N–H and O–H groups in total. The van der Waals surface area contributed by atoms with Crippen LogP contribution in [0.4, 0.5) is 0 Å². The third-order valence-corrected chi connectivity index (χ3v) is 10.3. The van der Waals surface area contributed by atoms with Crippen LogP contribution in [0.1, 0.15) is 201 Å². The van der Waals surface area contributed by atoms with E-state index >= 15 is 0 Å². The van der Waals surface area contributed by atoms with Gasteiger partial charge in [-0.05, 0) is 128 Å². The summed E-state index contributed by atoms with van der Waals surface area (Å²) < 4.78 is 16.7. The van der Waals surface area contributed by atoms with E-state index in [0.717, 1.165) is 122 Å². The van der Waals surface area contributed by atoms with Crippen molar-refractivity contribution >= 4 is 17.9 Å². The van der Waals surface area contributed by atoms with E-state index in [1.165, 1.54) is 25.7 Å². The fraction of sp³-hybridized carbons (Fsp3) is 0.557. The van der Waals surface area contributed by atoms with Crippen LogP contribution in [0.2, 0.25) is 0 Å². The third kappa shape index (κ3) is 52.1. The Labute approximate surface area is 410 Å². The van der Waals surface area contributed by atoms with Crippen LogP contribution in [0.3, 0.4) is 0 Å². The van der Waals surface area contributed by atoms with Crippen molar-refractivity contribution < 1.29 is 28.6 Å². The van der Waals surface area contributed by atoms with Crippen LogP contribution >= 0.6 is 0 Å². The molecule has 0 amide bonds. The van der Waals surface area contributed by atoms with Gasteiger partial charge in [-0.3, -0.25) is 14.4 Å². The quantitative estimate of drug-likeness (QED) is 0.0262. The molecule has 0 saturated heterocycles. The van der Waals surface area contributed by atoms with Crippen molar-refractivity contribution in [3.63, 3.8) is 0 Å². The molecule has 0 saturated carbocycles.